The predicted molar refractivity (Wildman–Crippen MR) is 104 cm³/mol. The quantitative estimate of drug-likeness (QED) is 0.523. The van der Waals surface area contributed by atoms with Crippen molar-refractivity contribution in [2.45, 2.75) is 6.42 Å². The third-order valence-corrected chi connectivity index (χ3v) is 6.27. The first-order valence-electron chi connectivity index (χ1n) is 8.74. The molecule has 8 nitrogen and oxygen atoms in total. The Kier molecular flexibility index (Phi) is 4.82. The normalized spacial score (nSPS) is 18.5. The van der Waals surface area contributed by atoms with Crippen LogP contribution in [0.4, 0.5) is 0 Å². The minimum absolute atomic E-state index is 0.0429. The van der Waals surface area contributed by atoms with Gasteiger partial charge in [0.1, 0.15) is 5.69 Å². The van der Waals surface area contributed by atoms with E-state index in [4.69, 9.17) is 4.42 Å². The van der Waals surface area contributed by atoms with E-state index in [1.54, 1.807) is 29.3 Å². The molecule has 1 fully saturated rings. The van der Waals surface area contributed by atoms with Crippen LogP contribution < -0.4 is 5.43 Å². The lowest BCUT2D eigenvalue weighted by molar-refractivity contribution is -0.124. The Morgan fingerprint density at radius 3 is 2.75 bits per heavy atom. The molecule has 144 valence electrons. The molecule has 1 aliphatic heterocycles. The molecule has 1 atom stereocenters. The second-order valence-electron chi connectivity index (χ2n) is 6.52. The highest BCUT2D eigenvalue weighted by atomic mass is 32.2. The Morgan fingerprint density at radius 2 is 2.07 bits per heavy atom. The molecule has 9 heteroatoms. The van der Waals surface area contributed by atoms with Gasteiger partial charge in [-0.15, -0.1) is 0 Å². The van der Waals surface area contributed by atoms with Gasteiger partial charge in [0.05, 0.1) is 35.6 Å². The van der Waals surface area contributed by atoms with Crippen LogP contribution in [-0.2, 0) is 14.6 Å². The number of para-hydroxylation sites is 1. The van der Waals surface area contributed by atoms with E-state index in [0.29, 0.717) is 23.4 Å². The van der Waals surface area contributed by atoms with E-state index in [9.17, 15) is 13.2 Å². The zero-order valence-electron chi connectivity index (χ0n) is 14.9. The maximum Gasteiger partial charge on any atom is 0.244 e. The minimum Gasteiger partial charge on any atom is -0.463 e. The van der Waals surface area contributed by atoms with E-state index in [-0.39, 0.29) is 11.5 Å². The van der Waals surface area contributed by atoms with Crippen LogP contribution in [0.3, 0.4) is 0 Å². The van der Waals surface area contributed by atoms with Gasteiger partial charge in [0.2, 0.25) is 5.91 Å². The van der Waals surface area contributed by atoms with Gasteiger partial charge in [-0.05, 0) is 30.7 Å². The van der Waals surface area contributed by atoms with Gasteiger partial charge >= 0.3 is 0 Å². The number of hydrogen-bond acceptors (Lipinski definition) is 6. The number of rotatable bonds is 5. The lowest BCUT2D eigenvalue weighted by Crippen LogP contribution is -2.27. The highest BCUT2D eigenvalue weighted by Crippen LogP contribution is 2.23. The number of carbonyl (C=O) groups is 1. The molecule has 0 bridgehead atoms. The summed E-state index contributed by atoms with van der Waals surface area (Å²) in [6.07, 6.45) is 5.14. The lowest BCUT2D eigenvalue weighted by Gasteiger charge is -2.04. The molecule has 3 aromatic rings. The average molecular weight is 398 g/mol. The first-order valence-corrected chi connectivity index (χ1v) is 10.6. The van der Waals surface area contributed by atoms with Crippen molar-refractivity contribution in [3.05, 3.63) is 60.5 Å². The first-order chi connectivity index (χ1) is 13.5. The van der Waals surface area contributed by atoms with Crippen LogP contribution in [0.5, 0.6) is 0 Å². The van der Waals surface area contributed by atoms with Gasteiger partial charge in [-0.25, -0.2) is 18.5 Å². The SMILES string of the molecule is O=C(N/N=C\c1cn(-c2ccccc2)nc1-c1ccco1)[C@@H]1CCS(=O)(=O)C1. The van der Waals surface area contributed by atoms with Crippen LogP contribution in [0.25, 0.3) is 17.1 Å². The van der Waals surface area contributed by atoms with Crippen molar-refractivity contribution in [3.8, 4) is 17.1 Å². The van der Waals surface area contributed by atoms with Crippen LogP contribution >= 0.6 is 0 Å². The summed E-state index contributed by atoms with van der Waals surface area (Å²) in [6, 6.07) is 13.1. The van der Waals surface area contributed by atoms with Crippen LogP contribution in [0.2, 0.25) is 0 Å². The number of hydrogen-bond donors (Lipinski definition) is 1. The molecule has 0 spiro atoms. The molecule has 0 radical (unpaired) electrons. The summed E-state index contributed by atoms with van der Waals surface area (Å²) in [7, 11) is -3.12. The molecule has 2 aromatic heterocycles. The molecule has 1 saturated heterocycles. The molecule has 0 saturated carbocycles. The monoisotopic (exact) mass is 398 g/mol. The van der Waals surface area contributed by atoms with E-state index >= 15 is 0 Å². The van der Waals surface area contributed by atoms with E-state index in [0.717, 1.165) is 5.69 Å². The molecular weight excluding hydrogens is 380 g/mol. The van der Waals surface area contributed by atoms with Crippen LogP contribution in [-0.4, -0.2) is 41.8 Å². The Hall–Kier alpha value is -3.20. The number of furan rings is 1. The highest BCUT2D eigenvalue weighted by Gasteiger charge is 2.32. The Labute approximate surface area is 161 Å². The van der Waals surface area contributed by atoms with Gasteiger partial charge in [0.25, 0.3) is 0 Å². The van der Waals surface area contributed by atoms with Crippen molar-refractivity contribution in [1.29, 1.82) is 0 Å². The standard InChI is InChI=1S/C19H18N4O4S/c24-19(14-8-10-28(25,26)13-14)21-20-11-15-12-23(16-5-2-1-3-6-16)22-18(15)17-7-4-9-27-17/h1-7,9,11-12,14H,8,10,13H2,(H,21,24)/b20-11-/t14-/m1/s1. The maximum absolute atomic E-state index is 12.1. The smallest absolute Gasteiger partial charge is 0.244 e. The molecule has 28 heavy (non-hydrogen) atoms. The van der Waals surface area contributed by atoms with Crippen molar-refractivity contribution in [1.82, 2.24) is 15.2 Å². The number of benzene rings is 1. The molecule has 3 heterocycles. The molecule has 4 rings (SSSR count). The molecule has 1 aromatic carbocycles. The first kappa shape index (κ1) is 18.2. The Morgan fingerprint density at radius 1 is 1.25 bits per heavy atom. The van der Waals surface area contributed by atoms with E-state index in [1.165, 1.54) is 6.21 Å². The number of carbonyl (C=O) groups excluding carboxylic acids is 1. The molecule has 1 N–H and O–H groups in total. The van der Waals surface area contributed by atoms with Gasteiger partial charge in [-0.1, -0.05) is 18.2 Å². The Balaban J connectivity index is 1.56. The van der Waals surface area contributed by atoms with Crippen molar-refractivity contribution in [2.75, 3.05) is 11.5 Å². The van der Waals surface area contributed by atoms with Gasteiger partial charge < -0.3 is 4.42 Å². The van der Waals surface area contributed by atoms with Gasteiger partial charge in [0.15, 0.2) is 15.6 Å². The third kappa shape index (κ3) is 3.89. The van der Waals surface area contributed by atoms with E-state index in [1.807, 2.05) is 30.3 Å². The highest BCUT2D eigenvalue weighted by molar-refractivity contribution is 7.91. The van der Waals surface area contributed by atoms with Crippen molar-refractivity contribution in [2.24, 2.45) is 11.0 Å². The van der Waals surface area contributed by atoms with Crippen molar-refractivity contribution in [3.63, 3.8) is 0 Å². The number of aromatic nitrogens is 2. The van der Waals surface area contributed by atoms with Crippen molar-refractivity contribution < 1.29 is 17.6 Å². The van der Waals surface area contributed by atoms with Crippen LogP contribution in [0.1, 0.15) is 12.0 Å². The van der Waals surface area contributed by atoms with Crippen LogP contribution in [0.15, 0.2) is 64.4 Å². The lowest BCUT2D eigenvalue weighted by atomic mass is 10.1. The molecular formula is C19H18N4O4S. The molecule has 0 aliphatic carbocycles. The zero-order valence-corrected chi connectivity index (χ0v) is 15.7. The minimum atomic E-state index is -3.12. The summed E-state index contributed by atoms with van der Waals surface area (Å²) >= 11 is 0. The average Bonchev–Trinajstić information content (AvgIpc) is 3.41. The zero-order chi connectivity index (χ0) is 19.6. The van der Waals surface area contributed by atoms with Gasteiger partial charge in [-0.3, -0.25) is 4.79 Å². The maximum atomic E-state index is 12.1. The molecule has 1 aliphatic rings. The molecule has 1 amide bonds. The van der Waals surface area contributed by atoms with Gasteiger partial charge in [0, 0.05) is 11.8 Å². The van der Waals surface area contributed by atoms with Crippen LogP contribution in [0, 0.1) is 5.92 Å². The third-order valence-electron chi connectivity index (χ3n) is 4.50. The number of nitrogens with zero attached hydrogens (tertiary/aromatic N) is 3. The fourth-order valence-electron chi connectivity index (χ4n) is 3.06. The van der Waals surface area contributed by atoms with E-state index < -0.39 is 21.7 Å². The summed E-state index contributed by atoms with van der Waals surface area (Å²) in [5, 5.41) is 8.55. The fourth-order valence-corrected chi connectivity index (χ4v) is 4.80. The second kappa shape index (κ2) is 7.43. The molecule has 0 unspecified atom stereocenters. The Bertz CT molecular complexity index is 1100. The summed E-state index contributed by atoms with van der Waals surface area (Å²) in [6.45, 7) is 0. The number of nitrogens with one attached hydrogen (secondary N) is 1. The topological polar surface area (TPSA) is 107 Å². The number of sulfone groups is 1. The number of amides is 1. The summed E-state index contributed by atoms with van der Waals surface area (Å²) < 4.78 is 30.2. The predicted octanol–water partition coefficient (Wildman–Crippen LogP) is 2.02. The van der Waals surface area contributed by atoms with Crippen molar-refractivity contribution >= 4 is 22.0 Å². The second-order valence-corrected chi connectivity index (χ2v) is 8.75. The fraction of sp³-hybridized carbons (Fsp3) is 0.211. The summed E-state index contributed by atoms with van der Waals surface area (Å²) in [4.78, 5) is 12.1. The van der Waals surface area contributed by atoms with E-state index in [2.05, 4.69) is 15.6 Å². The largest absolute Gasteiger partial charge is 0.463 e. The summed E-state index contributed by atoms with van der Waals surface area (Å²) in [5.41, 5.74) is 4.53. The van der Waals surface area contributed by atoms with Gasteiger partial charge in [-0.2, -0.15) is 10.2 Å². The number of hydrazone groups is 1. The summed E-state index contributed by atoms with van der Waals surface area (Å²) in [5.74, 6) is -0.463.